The van der Waals surface area contributed by atoms with Crippen molar-refractivity contribution in [2.24, 2.45) is 0 Å². The summed E-state index contributed by atoms with van der Waals surface area (Å²) in [5, 5.41) is 12.2. The molecule has 186 valence electrons. The van der Waals surface area contributed by atoms with Gasteiger partial charge in [-0.2, -0.15) is 0 Å². The average Bonchev–Trinajstić information content (AvgIpc) is 2.84. The summed E-state index contributed by atoms with van der Waals surface area (Å²) < 4.78 is 12.9. The van der Waals surface area contributed by atoms with Crippen molar-refractivity contribution in [3.8, 4) is 5.75 Å². The molecule has 0 saturated heterocycles. The fourth-order valence-corrected chi connectivity index (χ4v) is 5.17. The molecule has 0 aliphatic rings. The van der Waals surface area contributed by atoms with Gasteiger partial charge in [-0.05, 0) is 59.9 Å². The SMILES string of the molecule is CCCCCCCCCCCCCC[S+]([O-])c1ccccc1NC(=O)C=Cc1ccc(O)cc1. The van der Waals surface area contributed by atoms with Gasteiger partial charge in [0.05, 0.1) is 5.69 Å². The van der Waals surface area contributed by atoms with Crippen molar-refractivity contribution in [2.75, 3.05) is 11.1 Å². The van der Waals surface area contributed by atoms with E-state index in [1.807, 2.05) is 18.2 Å². The first-order valence-electron chi connectivity index (χ1n) is 12.9. The van der Waals surface area contributed by atoms with Crippen LogP contribution in [0.15, 0.2) is 59.5 Å². The molecule has 2 rings (SSSR count). The topological polar surface area (TPSA) is 72.4 Å². The smallest absolute Gasteiger partial charge is 0.248 e. The number of anilines is 1. The third kappa shape index (κ3) is 11.8. The fourth-order valence-electron chi connectivity index (χ4n) is 3.88. The third-order valence-corrected chi connectivity index (χ3v) is 7.40. The number of rotatable bonds is 17. The summed E-state index contributed by atoms with van der Waals surface area (Å²) in [7, 11) is 0. The lowest BCUT2D eigenvalue weighted by molar-refractivity contribution is -0.111. The van der Waals surface area contributed by atoms with E-state index >= 15 is 0 Å². The van der Waals surface area contributed by atoms with Gasteiger partial charge in [-0.15, -0.1) is 0 Å². The molecular formula is C29H41NO3S. The number of nitrogens with one attached hydrogen (secondary N) is 1. The maximum atomic E-state index is 12.9. The van der Waals surface area contributed by atoms with Crippen molar-refractivity contribution < 1.29 is 14.5 Å². The van der Waals surface area contributed by atoms with Crippen LogP contribution in [0.25, 0.3) is 6.08 Å². The van der Waals surface area contributed by atoms with Crippen molar-refractivity contribution in [3.05, 3.63) is 60.2 Å². The normalized spacial score (nSPS) is 12.2. The van der Waals surface area contributed by atoms with Crippen molar-refractivity contribution in [1.82, 2.24) is 0 Å². The van der Waals surface area contributed by atoms with E-state index in [0.717, 1.165) is 18.4 Å². The van der Waals surface area contributed by atoms with Gasteiger partial charge in [-0.1, -0.05) is 95.4 Å². The zero-order chi connectivity index (χ0) is 24.4. The predicted molar refractivity (Wildman–Crippen MR) is 145 cm³/mol. The Morgan fingerprint density at radius 1 is 0.853 bits per heavy atom. The second kappa shape index (κ2) is 17.2. The number of carbonyl (C=O) groups is 1. The molecule has 1 amide bonds. The molecule has 2 N–H and O–H groups in total. The number of benzene rings is 2. The monoisotopic (exact) mass is 483 g/mol. The van der Waals surface area contributed by atoms with Crippen molar-refractivity contribution in [3.63, 3.8) is 0 Å². The van der Waals surface area contributed by atoms with Crippen LogP contribution in [-0.2, 0) is 16.0 Å². The lowest BCUT2D eigenvalue weighted by Gasteiger charge is -2.14. The largest absolute Gasteiger partial charge is 0.611 e. The minimum absolute atomic E-state index is 0.186. The summed E-state index contributed by atoms with van der Waals surface area (Å²) in [4.78, 5) is 13.0. The van der Waals surface area contributed by atoms with Crippen LogP contribution in [0, 0.1) is 0 Å². The number of unbranched alkanes of at least 4 members (excludes halogenated alkanes) is 11. The van der Waals surface area contributed by atoms with Crippen LogP contribution in [0.5, 0.6) is 5.75 Å². The minimum atomic E-state index is -1.14. The number of carbonyl (C=O) groups excluding carboxylic acids is 1. The Hall–Kier alpha value is -2.24. The predicted octanol–water partition coefficient (Wildman–Crippen LogP) is 7.85. The first kappa shape index (κ1) is 28.0. The molecular weight excluding hydrogens is 442 g/mol. The van der Waals surface area contributed by atoms with Gasteiger partial charge in [0.1, 0.15) is 11.5 Å². The highest BCUT2D eigenvalue weighted by Crippen LogP contribution is 2.23. The number of hydrogen-bond donors (Lipinski definition) is 2. The third-order valence-electron chi connectivity index (χ3n) is 5.89. The summed E-state index contributed by atoms with van der Waals surface area (Å²) in [6.07, 6.45) is 18.5. The maximum Gasteiger partial charge on any atom is 0.248 e. The molecule has 4 nitrogen and oxygen atoms in total. The van der Waals surface area contributed by atoms with E-state index in [4.69, 9.17) is 0 Å². The van der Waals surface area contributed by atoms with E-state index in [1.54, 1.807) is 36.4 Å². The summed E-state index contributed by atoms with van der Waals surface area (Å²) in [5.74, 6) is 0.530. The molecule has 0 aliphatic carbocycles. The van der Waals surface area contributed by atoms with Crippen LogP contribution in [-0.4, -0.2) is 21.3 Å². The van der Waals surface area contributed by atoms with Crippen LogP contribution >= 0.6 is 0 Å². The Morgan fingerprint density at radius 3 is 2.03 bits per heavy atom. The molecule has 1 unspecified atom stereocenters. The van der Waals surface area contributed by atoms with Crippen molar-refractivity contribution in [2.45, 2.75) is 88.9 Å². The Bertz CT molecular complexity index is 851. The first-order chi connectivity index (χ1) is 16.6. The summed E-state index contributed by atoms with van der Waals surface area (Å²) in [6, 6.07) is 13.9. The molecule has 0 heterocycles. The molecule has 1 atom stereocenters. The van der Waals surface area contributed by atoms with Gasteiger partial charge in [0.25, 0.3) is 0 Å². The number of para-hydroxylation sites is 1. The standard InChI is InChI=1S/C29H41NO3S/c1-2-3-4-5-6-7-8-9-10-11-12-15-24-34(33)28-17-14-13-16-27(28)30-29(32)23-20-25-18-21-26(31)22-19-25/h13-14,16-23,31H,2-12,15,24H2,1H3,(H,30,32). The van der Waals surface area contributed by atoms with Crippen LogP contribution in [0.4, 0.5) is 5.69 Å². The summed E-state index contributed by atoms with van der Waals surface area (Å²) in [6.45, 7) is 2.26. The average molecular weight is 484 g/mol. The lowest BCUT2D eigenvalue weighted by atomic mass is 10.1. The number of phenolic OH excluding ortho intramolecular Hbond substituents is 1. The number of hydrogen-bond acceptors (Lipinski definition) is 3. The molecule has 0 bridgehead atoms. The van der Waals surface area contributed by atoms with Crippen molar-refractivity contribution in [1.29, 1.82) is 0 Å². The highest BCUT2D eigenvalue weighted by molar-refractivity contribution is 7.91. The zero-order valence-electron chi connectivity index (χ0n) is 20.6. The van der Waals surface area contributed by atoms with E-state index in [0.29, 0.717) is 16.3 Å². The highest BCUT2D eigenvalue weighted by Gasteiger charge is 2.16. The van der Waals surface area contributed by atoms with Crippen LogP contribution < -0.4 is 5.32 Å². The van der Waals surface area contributed by atoms with Gasteiger partial charge in [0.15, 0.2) is 4.90 Å². The van der Waals surface area contributed by atoms with Crippen molar-refractivity contribution >= 4 is 28.8 Å². The molecule has 0 aliphatic heterocycles. The van der Waals surface area contributed by atoms with Gasteiger partial charge in [-0.3, -0.25) is 4.79 Å². The van der Waals surface area contributed by atoms with E-state index in [9.17, 15) is 14.5 Å². The summed E-state index contributed by atoms with van der Waals surface area (Å²) >= 11 is -1.14. The fraction of sp³-hybridized carbons (Fsp3) is 0.483. The maximum absolute atomic E-state index is 12.9. The Kier molecular flexibility index (Phi) is 14.2. The second-order valence-electron chi connectivity index (χ2n) is 8.85. The Labute approximate surface area is 209 Å². The molecule has 0 aromatic heterocycles. The van der Waals surface area contributed by atoms with Gasteiger partial charge < -0.3 is 15.0 Å². The van der Waals surface area contributed by atoms with Crippen LogP contribution in [0.3, 0.4) is 0 Å². The molecule has 0 saturated carbocycles. The molecule has 2 aromatic rings. The number of aromatic hydroxyl groups is 1. The zero-order valence-corrected chi connectivity index (χ0v) is 21.5. The number of amides is 1. The van der Waals surface area contributed by atoms with Crippen LogP contribution in [0.2, 0.25) is 0 Å². The quantitative estimate of drug-likeness (QED) is 0.137. The van der Waals surface area contributed by atoms with Gasteiger partial charge in [0.2, 0.25) is 5.91 Å². The first-order valence-corrected chi connectivity index (χ1v) is 14.2. The second-order valence-corrected chi connectivity index (χ2v) is 10.4. The van der Waals surface area contributed by atoms with Gasteiger partial charge >= 0.3 is 0 Å². The molecule has 2 aromatic carbocycles. The number of phenols is 1. The van der Waals surface area contributed by atoms with Gasteiger partial charge in [-0.25, -0.2) is 0 Å². The highest BCUT2D eigenvalue weighted by atomic mass is 32.2. The molecule has 0 spiro atoms. The Balaban J connectivity index is 1.66. The van der Waals surface area contributed by atoms with Crippen LogP contribution in [0.1, 0.15) is 89.5 Å². The molecule has 0 fully saturated rings. The van der Waals surface area contributed by atoms with E-state index in [-0.39, 0.29) is 11.7 Å². The summed E-state index contributed by atoms with van der Waals surface area (Å²) in [5.41, 5.74) is 1.41. The van der Waals surface area contributed by atoms with E-state index in [1.165, 1.54) is 70.3 Å². The molecule has 5 heteroatoms. The van der Waals surface area contributed by atoms with E-state index < -0.39 is 11.2 Å². The minimum Gasteiger partial charge on any atom is -0.611 e. The molecule has 0 radical (unpaired) electrons. The van der Waals surface area contributed by atoms with E-state index in [2.05, 4.69) is 12.2 Å². The Morgan fingerprint density at radius 2 is 1.41 bits per heavy atom. The van der Waals surface area contributed by atoms with Gasteiger partial charge in [0, 0.05) is 6.08 Å². The lowest BCUT2D eigenvalue weighted by Crippen LogP contribution is -2.14. The molecule has 34 heavy (non-hydrogen) atoms.